The van der Waals surface area contributed by atoms with E-state index < -0.39 is 10.0 Å². The predicted octanol–water partition coefficient (Wildman–Crippen LogP) is 4.19. The maximum absolute atomic E-state index is 12.5. The van der Waals surface area contributed by atoms with Gasteiger partial charge in [0.25, 0.3) is 0 Å². The molecule has 168 valence electrons. The summed E-state index contributed by atoms with van der Waals surface area (Å²) >= 11 is 0. The normalized spacial score (nSPS) is 11.7. The maximum Gasteiger partial charge on any atom is 0.248 e. The molecule has 0 saturated carbocycles. The number of hydrogen-bond donors (Lipinski definition) is 2. The molecule has 1 aromatic heterocycles. The first-order valence-corrected chi connectivity index (χ1v) is 12.1. The van der Waals surface area contributed by atoms with Gasteiger partial charge in [0.1, 0.15) is 0 Å². The Labute approximate surface area is 189 Å². The van der Waals surface area contributed by atoms with Crippen LogP contribution in [0.3, 0.4) is 0 Å². The summed E-state index contributed by atoms with van der Waals surface area (Å²) in [4.78, 5) is 12.5. The van der Waals surface area contributed by atoms with Gasteiger partial charge in [-0.05, 0) is 57.0 Å². The van der Waals surface area contributed by atoms with Crippen LogP contribution in [0, 0.1) is 27.7 Å². The Hall–Kier alpha value is -3.39. The lowest BCUT2D eigenvalue weighted by atomic mass is 10.1. The molecule has 1 amide bonds. The highest BCUT2D eigenvalue weighted by atomic mass is 32.2. The molecule has 2 N–H and O–H groups in total. The first-order chi connectivity index (χ1) is 15.0. The van der Waals surface area contributed by atoms with E-state index in [2.05, 4.69) is 46.3 Å². The lowest BCUT2D eigenvalue weighted by Gasteiger charge is -2.10. The summed E-state index contributed by atoms with van der Waals surface area (Å²) in [6.07, 6.45) is 4.29. The van der Waals surface area contributed by atoms with Crippen LogP contribution in [-0.2, 0) is 21.4 Å². The number of rotatable bonds is 7. The molecule has 3 rings (SSSR count). The minimum atomic E-state index is -3.41. The molecule has 0 aliphatic carbocycles. The molecule has 0 aliphatic heterocycles. The van der Waals surface area contributed by atoms with Crippen molar-refractivity contribution in [3.05, 3.63) is 82.2 Å². The smallest absolute Gasteiger partial charge is 0.248 e. The molecular formula is C24H28N4O3S. The summed E-state index contributed by atoms with van der Waals surface area (Å²) in [7, 11) is -3.41. The van der Waals surface area contributed by atoms with Gasteiger partial charge in [-0.25, -0.2) is 8.42 Å². The Morgan fingerprint density at radius 3 is 2.41 bits per heavy atom. The lowest BCUT2D eigenvalue weighted by molar-refractivity contribution is -0.111. The van der Waals surface area contributed by atoms with E-state index in [1.54, 1.807) is 31.2 Å². The summed E-state index contributed by atoms with van der Waals surface area (Å²) in [6, 6.07) is 13.4. The zero-order chi connectivity index (χ0) is 23.5. The molecule has 8 heteroatoms. The van der Waals surface area contributed by atoms with Crippen LogP contribution in [0.25, 0.3) is 6.08 Å². The third-order valence-corrected chi connectivity index (χ3v) is 5.68. The molecule has 32 heavy (non-hydrogen) atoms. The molecule has 0 unspecified atom stereocenters. The summed E-state index contributed by atoms with van der Waals surface area (Å²) < 4.78 is 27.4. The van der Waals surface area contributed by atoms with Crippen molar-refractivity contribution in [2.24, 2.45) is 0 Å². The molecule has 0 fully saturated rings. The van der Waals surface area contributed by atoms with Gasteiger partial charge in [0, 0.05) is 23.0 Å². The number of sulfonamides is 1. The van der Waals surface area contributed by atoms with Crippen LogP contribution in [0.15, 0.2) is 48.5 Å². The van der Waals surface area contributed by atoms with Gasteiger partial charge in [-0.2, -0.15) is 5.10 Å². The van der Waals surface area contributed by atoms with Crippen molar-refractivity contribution in [2.45, 2.75) is 34.2 Å². The van der Waals surface area contributed by atoms with Gasteiger partial charge in [-0.15, -0.1) is 0 Å². The monoisotopic (exact) mass is 452 g/mol. The number of carbonyl (C=O) groups excluding carboxylic acids is 1. The van der Waals surface area contributed by atoms with Crippen molar-refractivity contribution in [2.75, 3.05) is 16.3 Å². The van der Waals surface area contributed by atoms with E-state index >= 15 is 0 Å². The van der Waals surface area contributed by atoms with E-state index in [-0.39, 0.29) is 5.91 Å². The van der Waals surface area contributed by atoms with Crippen molar-refractivity contribution >= 4 is 33.4 Å². The summed E-state index contributed by atoms with van der Waals surface area (Å²) in [5, 5.41) is 7.38. The maximum atomic E-state index is 12.5. The zero-order valence-electron chi connectivity index (χ0n) is 18.9. The zero-order valence-corrected chi connectivity index (χ0v) is 19.7. The Kier molecular flexibility index (Phi) is 6.84. The minimum Gasteiger partial charge on any atom is -0.322 e. The van der Waals surface area contributed by atoms with Crippen LogP contribution in [0.1, 0.15) is 33.6 Å². The molecule has 0 spiro atoms. The highest BCUT2D eigenvalue weighted by Crippen LogP contribution is 2.22. The molecule has 0 bridgehead atoms. The fraction of sp³-hybridized carbons (Fsp3) is 0.250. The number of nitrogens with zero attached hydrogens (tertiary/aromatic N) is 2. The first kappa shape index (κ1) is 23.3. The van der Waals surface area contributed by atoms with E-state index in [0.29, 0.717) is 17.9 Å². The third kappa shape index (κ3) is 6.07. The Balaban J connectivity index is 1.72. The van der Waals surface area contributed by atoms with Crippen molar-refractivity contribution in [3.8, 4) is 0 Å². The number of anilines is 2. The van der Waals surface area contributed by atoms with Gasteiger partial charge >= 0.3 is 0 Å². The molecule has 0 radical (unpaired) electrons. The fourth-order valence-electron chi connectivity index (χ4n) is 3.32. The number of benzene rings is 2. The second kappa shape index (κ2) is 9.40. The quantitative estimate of drug-likeness (QED) is 0.526. The average molecular weight is 453 g/mol. The Bertz CT molecular complexity index is 1270. The number of carbonyl (C=O) groups is 1. The number of amides is 1. The van der Waals surface area contributed by atoms with Gasteiger partial charge in [0.15, 0.2) is 0 Å². The number of aromatic nitrogens is 2. The number of nitrogens with one attached hydrogen (secondary N) is 2. The molecule has 7 nitrogen and oxygen atoms in total. The van der Waals surface area contributed by atoms with Crippen molar-refractivity contribution in [1.82, 2.24) is 9.78 Å². The van der Waals surface area contributed by atoms with E-state index in [0.717, 1.165) is 34.3 Å². The van der Waals surface area contributed by atoms with Gasteiger partial charge in [-0.3, -0.25) is 14.2 Å². The molecular weight excluding hydrogens is 424 g/mol. The summed E-state index contributed by atoms with van der Waals surface area (Å²) in [5.41, 5.74) is 6.78. The molecule has 0 atom stereocenters. The van der Waals surface area contributed by atoms with Crippen LogP contribution in [0.5, 0.6) is 0 Å². The fourth-order valence-corrected chi connectivity index (χ4v) is 3.94. The predicted molar refractivity (Wildman–Crippen MR) is 129 cm³/mol. The second-order valence-electron chi connectivity index (χ2n) is 7.95. The van der Waals surface area contributed by atoms with Crippen LogP contribution in [0.2, 0.25) is 0 Å². The van der Waals surface area contributed by atoms with Gasteiger partial charge in [-0.1, -0.05) is 35.9 Å². The highest BCUT2D eigenvalue weighted by Gasteiger charge is 2.11. The Morgan fingerprint density at radius 2 is 1.75 bits per heavy atom. The van der Waals surface area contributed by atoms with Gasteiger partial charge in [0.2, 0.25) is 15.9 Å². The molecule has 1 heterocycles. The van der Waals surface area contributed by atoms with Crippen molar-refractivity contribution in [3.63, 3.8) is 0 Å². The van der Waals surface area contributed by atoms with Gasteiger partial charge in [0.05, 0.1) is 24.2 Å². The Morgan fingerprint density at radius 1 is 1.06 bits per heavy atom. The molecule has 0 saturated heterocycles. The topological polar surface area (TPSA) is 93.1 Å². The second-order valence-corrected chi connectivity index (χ2v) is 9.70. The summed E-state index contributed by atoms with van der Waals surface area (Å²) in [5.74, 6) is -0.316. The van der Waals surface area contributed by atoms with Crippen LogP contribution in [-0.4, -0.2) is 30.4 Å². The average Bonchev–Trinajstić information content (AvgIpc) is 2.96. The molecule has 3 aromatic rings. The first-order valence-electron chi connectivity index (χ1n) is 10.2. The van der Waals surface area contributed by atoms with Gasteiger partial charge < -0.3 is 5.32 Å². The van der Waals surface area contributed by atoms with E-state index in [1.807, 2.05) is 18.5 Å². The third-order valence-electron chi connectivity index (χ3n) is 5.09. The van der Waals surface area contributed by atoms with E-state index in [4.69, 9.17) is 0 Å². The largest absolute Gasteiger partial charge is 0.322 e. The van der Waals surface area contributed by atoms with E-state index in [1.165, 1.54) is 11.6 Å². The van der Waals surface area contributed by atoms with Crippen LogP contribution >= 0.6 is 0 Å². The number of aryl methyl sites for hydroxylation is 3. The van der Waals surface area contributed by atoms with Crippen LogP contribution in [0.4, 0.5) is 11.4 Å². The summed E-state index contributed by atoms with van der Waals surface area (Å²) in [6.45, 7) is 8.40. The van der Waals surface area contributed by atoms with Crippen LogP contribution < -0.4 is 10.0 Å². The number of hydrogen-bond acceptors (Lipinski definition) is 4. The lowest BCUT2D eigenvalue weighted by Crippen LogP contribution is -2.12. The highest BCUT2D eigenvalue weighted by molar-refractivity contribution is 7.92. The minimum absolute atomic E-state index is 0.316. The SMILES string of the molecule is Cc1ccc(Cn2nc(C)c(/C=C/C(=O)Nc3ccc(C)c(NS(C)(=O)=O)c3)c2C)cc1. The standard InChI is InChI=1S/C24H28N4O3S/c1-16-6-9-20(10-7-16)15-28-19(4)22(18(3)26-28)12-13-24(29)25-21-11-8-17(2)23(14-21)27-32(5,30)31/h6-14,27H,15H2,1-5H3,(H,25,29)/b13-12+. The molecule has 0 aliphatic rings. The van der Waals surface area contributed by atoms with E-state index in [9.17, 15) is 13.2 Å². The van der Waals surface area contributed by atoms with Crippen molar-refractivity contribution in [1.29, 1.82) is 0 Å². The van der Waals surface area contributed by atoms with Crippen molar-refractivity contribution < 1.29 is 13.2 Å². The molecule has 2 aromatic carbocycles.